The summed E-state index contributed by atoms with van der Waals surface area (Å²) in [6.07, 6.45) is 0. The summed E-state index contributed by atoms with van der Waals surface area (Å²) in [5.41, 5.74) is 22.3. The van der Waals surface area contributed by atoms with E-state index in [0.29, 0.717) is 0 Å². The number of hydrogen-bond donors (Lipinski definition) is 0. The predicted molar refractivity (Wildman–Crippen MR) is 441 cm³/mol. The van der Waals surface area contributed by atoms with Crippen molar-refractivity contribution in [3.05, 3.63) is 286 Å². The van der Waals surface area contributed by atoms with Crippen molar-refractivity contribution < 1.29 is 18.6 Å². The van der Waals surface area contributed by atoms with Crippen molar-refractivity contribution in [3.8, 4) is 44.5 Å². The topological polar surface area (TPSA) is 43.4 Å². The van der Waals surface area contributed by atoms with E-state index >= 15 is 0 Å². The van der Waals surface area contributed by atoms with Crippen LogP contribution >= 0.6 is 54.5 Å². The van der Waals surface area contributed by atoms with Crippen molar-refractivity contribution in [1.29, 1.82) is 0 Å². The third-order valence-electron chi connectivity index (χ3n) is 22.8. The molecule has 504 valence electrons. The fourth-order valence-corrected chi connectivity index (χ4v) is 18.6. The Balaban J connectivity index is 0.000000159. The Morgan fingerprint density at radius 3 is 0.931 bits per heavy atom. The highest BCUT2D eigenvalue weighted by atomic mass is 79.9. The summed E-state index contributed by atoms with van der Waals surface area (Å²) in [6.45, 7) is 26.2. The molecule has 0 bridgehead atoms. The van der Waals surface area contributed by atoms with Crippen LogP contribution in [0.3, 0.4) is 0 Å². The van der Waals surface area contributed by atoms with Gasteiger partial charge in [-0.25, -0.2) is 0 Å². The van der Waals surface area contributed by atoms with Crippen molar-refractivity contribution in [2.45, 2.75) is 116 Å². The fourth-order valence-electron chi connectivity index (χ4n) is 15.6. The smallest absolute Gasteiger partial charge is 0.399 e. The maximum atomic E-state index is 6.43. The molecule has 0 N–H and O–H groups in total. The summed E-state index contributed by atoms with van der Waals surface area (Å²) < 4.78 is 33.2. The first-order chi connectivity index (χ1) is 48.8. The van der Waals surface area contributed by atoms with E-state index in [2.05, 4.69) is 380 Å². The second-order valence-corrected chi connectivity index (χ2v) is 34.7. The number of hydrogen-bond acceptors (Lipinski definition) is 8. The number of anilines is 6. The molecule has 2 aliphatic heterocycles. The van der Waals surface area contributed by atoms with Crippen LogP contribution in [-0.2, 0) is 29.4 Å². The monoisotopic (exact) mass is 1490 g/mol. The van der Waals surface area contributed by atoms with Crippen LogP contribution in [0, 0.1) is 0 Å². The van der Waals surface area contributed by atoms with Crippen LogP contribution in [0.1, 0.15) is 105 Å². The Morgan fingerprint density at radius 2 is 0.578 bits per heavy atom. The molecule has 0 atom stereocenters. The molecule has 6 nitrogen and oxygen atoms in total. The largest absolute Gasteiger partial charge is 0.494 e. The lowest BCUT2D eigenvalue weighted by atomic mass is 9.79. The number of thiophene rings is 2. The SMILES string of the molecule is CC1(C)c2cc(-c3cccc4c3sc3ccccc34)ccc2-c2ccc(N(c3ccc(B4OC(C)(C)C(C)(C)O4)cc3)c3ccc(B4OC(C)(C)C(C)(C)O4)cc3)cc21.CC1(C)c2cc(-c3cccc4c3sc3ccccc34)ccc2-c2ccc(N(c3ccc(Br)cc3)c3ccc(Br)cc3)cc21. The Morgan fingerprint density at radius 1 is 0.284 bits per heavy atom. The summed E-state index contributed by atoms with van der Waals surface area (Å²) in [5, 5.41) is 5.33. The summed E-state index contributed by atoms with van der Waals surface area (Å²) >= 11 is 11.0. The molecule has 12 aromatic carbocycles. The van der Waals surface area contributed by atoms with Gasteiger partial charge in [0.25, 0.3) is 0 Å². The lowest BCUT2D eigenvalue weighted by molar-refractivity contribution is 0.00578. The zero-order chi connectivity index (χ0) is 70.6. The minimum Gasteiger partial charge on any atom is -0.399 e. The van der Waals surface area contributed by atoms with E-state index < -0.39 is 36.6 Å². The molecule has 0 radical (unpaired) electrons. The van der Waals surface area contributed by atoms with Crippen molar-refractivity contribution in [3.63, 3.8) is 0 Å². The van der Waals surface area contributed by atoms with Gasteiger partial charge in [-0.1, -0.05) is 193 Å². The van der Waals surface area contributed by atoms with Crippen LogP contribution in [0.15, 0.2) is 264 Å². The van der Waals surface area contributed by atoms with Gasteiger partial charge in [0.15, 0.2) is 0 Å². The molecule has 0 saturated carbocycles. The van der Waals surface area contributed by atoms with Crippen LogP contribution in [0.25, 0.3) is 84.9 Å². The fraction of sp³-hybridized carbons (Fsp3) is 0.200. The average Bonchev–Trinajstić information content (AvgIpc) is 1.57. The van der Waals surface area contributed by atoms with Crippen molar-refractivity contribution in [2.24, 2.45) is 0 Å². The highest BCUT2D eigenvalue weighted by Gasteiger charge is 2.53. The normalized spacial score (nSPS) is 16.8. The number of halogens is 2. The number of nitrogens with zero attached hydrogens (tertiary/aromatic N) is 2. The third-order valence-corrected chi connectivity index (χ3v) is 26.3. The Kier molecular flexibility index (Phi) is 16.1. The van der Waals surface area contributed by atoms with Crippen molar-refractivity contribution in [2.75, 3.05) is 9.80 Å². The molecule has 4 heterocycles. The maximum absolute atomic E-state index is 6.43. The average molecular weight is 1500 g/mol. The second-order valence-electron chi connectivity index (χ2n) is 30.8. The van der Waals surface area contributed by atoms with Gasteiger partial charge in [-0.05, 0) is 254 Å². The van der Waals surface area contributed by atoms with E-state index in [0.717, 1.165) is 54.0 Å². The summed E-state index contributed by atoms with van der Waals surface area (Å²) in [5.74, 6) is 0. The number of rotatable bonds is 10. The van der Waals surface area contributed by atoms with Gasteiger partial charge in [0, 0.05) is 94.2 Å². The van der Waals surface area contributed by atoms with Gasteiger partial charge < -0.3 is 28.4 Å². The van der Waals surface area contributed by atoms with E-state index in [9.17, 15) is 0 Å². The summed E-state index contributed by atoms with van der Waals surface area (Å²) in [4.78, 5) is 4.68. The quantitative estimate of drug-likeness (QED) is 0.127. The molecule has 0 unspecified atom stereocenters. The van der Waals surface area contributed by atoms with Gasteiger partial charge in [-0.15, -0.1) is 22.7 Å². The predicted octanol–water partition coefficient (Wildman–Crippen LogP) is 25.1. The second kappa shape index (κ2) is 24.6. The zero-order valence-corrected chi connectivity index (χ0v) is 64.3. The first-order valence-corrected chi connectivity index (χ1v) is 38.5. The van der Waals surface area contributed by atoms with Gasteiger partial charge in [-0.2, -0.15) is 0 Å². The van der Waals surface area contributed by atoms with Gasteiger partial charge in [0.05, 0.1) is 22.4 Å². The van der Waals surface area contributed by atoms with E-state index in [1.165, 1.54) is 107 Å². The van der Waals surface area contributed by atoms with Gasteiger partial charge >= 0.3 is 14.2 Å². The Labute approximate surface area is 624 Å². The van der Waals surface area contributed by atoms with E-state index in [4.69, 9.17) is 18.6 Å². The minimum absolute atomic E-state index is 0.143. The molecule has 2 aliphatic carbocycles. The molecule has 102 heavy (non-hydrogen) atoms. The number of fused-ring (bicyclic) bond motifs is 12. The maximum Gasteiger partial charge on any atom is 0.494 e. The van der Waals surface area contributed by atoms with Gasteiger partial charge in [-0.3, -0.25) is 0 Å². The van der Waals surface area contributed by atoms with Crippen LogP contribution in [0.4, 0.5) is 34.1 Å². The molecule has 12 heteroatoms. The molecular weight excluding hydrogens is 1420 g/mol. The van der Waals surface area contributed by atoms with Crippen LogP contribution < -0.4 is 20.7 Å². The molecule has 18 rings (SSSR count). The molecule has 4 aliphatic rings. The molecule has 2 saturated heterocycles. The molecule has 0 spiro atoms. The molecular formula is C90H78B2Br2N2O4S2. The number of benzene rings is 12. The van der Waals surface area contributed by atoms with Gasteiger partial charge in [0.1, 0.15) is 0 Å². The van der Waals surface area contributed by atoms with E-state index in [-0.39, 0.29) is 10.8 Å². The minimum atomic E-state index is -0.434. The standard InChI is InChI=1S/C51H51B2NO4S.C39H27Br2NS/c1-47(2)43-30-32(38-15-13-16-42-41-14-11-12-17-45(41)59-46(38)42)18-28-39(43)40-29-27-37(31-44(40)47)54(35-23-19-33(20-24-35)52-55-48(3,4)49(5,6)56-52)36-25-21-34(22-26-36)53-57-50(7,8)51(9,10)58-53;1-39(2)35-22-24(30-7-5-8-34-33-6-3-4-9-37(33)43-38(30)34)10-20-31(35)32-21-19-29(23-36(32)39)42(27-15-11-25(40)12-16-27)28-17-13-26(41)14-18-28/h11-31H,1-10H3;3-23H,1-2H3. The van der Waals surface area contributed by atoms with Crippen LogP contribution in [-0.4, -0.2) is 36.6 Å². The molecule has 0 amide bonds. The highest BCUT2D eigenvalue weighted by molar-refractivity contribution is 9.10. The lowest BCUT2D eigenvalue weighted by Crippen LogP contribution is -2.41. The zero-order valence-electron chi connectivity index (χ0n) is 59.5. The van der Waals surface area contributed by atoms with E-state index in [1.807, 2.05) is 22.7 Å². The highest BCUT2D eigenvalue weighted by Crippen LogP contribution is 2.55. The molecule has 2 aromatic heterocycles. The van der Waals surface area contributed by atoms with Crippen LogP contribution in [0.5, 0.6) is 0 Å². The van der Waals surface area contributed by atoms with Gasteiger partial charge in [0.2, 0.25) is 0 Å². The Bertz CT molecular complexity index is 5510. The van der Waals surface area contributed by atoms with Crippen molar-refractivity contribution in [1.82, 2.24) is 0 Å². The summed E-state index contributed by atoms with van der Waals surface area (Å²) in [7, 11) is -0.867. The third kappa shape index (κ3) is 11.2. The first kappa shape index (κ1) is 66.8. The summed E-state index contributed by atoms with van der Waals surface area (Å²) in [6, 6.07) is 93.4. The Hall–Kier alpha value is -8.39. The molecule has 14 aromatic rings. The molecule has 2 fully saturated rings. The first-order valence-electron chi connectivity index (χ1n) is 35.3. The van der Waals surface area contributed by atoms with Crippen molar-refractivity contribution >= 4 is 154 Å². The van der Waals surface area contributed by atoms with Crippen LogP contribution in [0.2, 0.25) is 0 Å². The van der Waals surface area contributed by atoms with E-state index in [1.54, 1.807) is 0 Å². The lowest BCUT2D eigenvalue weighted by Gasteiger charge is -2.32.